The summed E-state index contributed by atoms with van der Waals surface area (Å²) in [6, 6.07) is 11.9. The maximum Gasteiger partial charge on any atom is 0.335 e. The number of aliphatic hydroxyl groups excluding tert-OH is 1. The van der Waals surface area contributed by atoms with Crippen LogP contribution in [0.3, 0.4) is 0 Å². The molecule has 4 nitrogen and oxygen atoms in total. The molecule has 0 aliphatic rings. The minimum absolute atomic E-state index is 0.198. The number of aryl methyl sites for hydroxylation is 2. The Kier molecular flexibility index (Phi) is 7.36. The summed E-state index contributed by atoms with van der Waals surface area (Å²) in [5.41, 5.74) is 4.04. The molecule has 0 amide bonds. The van der Waals surface area contributed by atoms with E-state index in [4.69, 9.17) is 4.74 Å². The number of hydrogen-bond acceptors (Lipinski definition) is 3. The molecule has 0 spiro atoms. The van der Waals surface area contributed by atoms with Crippen LogP contribution in [0.5, 0.6) is 5.75 Å². The predicted molar refractivity (Wildman–Crippen MR) is 122 cm³/mol. The van der Waals surface area contributed by atoms with Crippen LogP contribution in [0, 0.1) is 19.3 Å². The van der Waals surface area contributed by atoms with Crippen molar-refractivity contribution in [3.8, 4) is 5.75 Å². The van der Waals surface area contributed by atoms with E-state index in [1.807, 2.05) is 52.8 Å². The molecule has 30 heavy (non-hydrogen) atoms. The third-order valence-electron chi connectivity index (χ3n) is 6.34. The summed E-state index contributed by atoms with van der Waals surface area (Å²) < 4.78 is 5.91. The van der Waals surface area contributed by atoms with E-state index in [-0.39, 0.29) is 17.4 Å². The second kappa shape index (κ2) is 9.22. The molecule has 2 aromatic carbocycles. The van der Waals surface area contributed by atoms with Gasteiger partial charge in [-0.3, -0.25) is 0 Å². The zero-order valence-electron chi connectivity index (χ0n) is 19.4. The van der Waals surface area contributed by atoms with Gasteiger partial charge in [0.1, 0.15) is 12.4 Å². The van der Waals surface area contributed by atoms with Crippen LogP contribution in [0.1, 0.15) is 80.1 Å². The second-order valence-corrected chi connectivity index (χ2v) is 9.30. The van der Waals surface area contributed by atoms with Gasteiger partial charge >= 0.3 is 5.97 Å². The van der Waals surface area contributed by atoms with Gasteiger partial charge in [0.2, 0.25) is 0 Å². The SMILES string of the molecule is CCC(CC)(c1ccc(OC[C@@H](O)C(C)(C)C)c(C)c1)c1ccc(C(=O)O)c(C)c1. The molecule has 2 aromatic rings. The third kappa shape index (κ3) is 4.86. The Labute approximate surface area is 180 Å². The fraction of sp³-hybridized carbons (Fsp3) is 0.500. The number of ether oxygens (including phenoxy) is 1. The molecule has 0 aliphatic carbocycles. The number of aromatic carboxylic acids is 1. The molecule has 0 bridgehead atoms. The summed E-state index contributed by atoms with van der Waals surface area (Å²) >= 11 is 0. The number of carboxylic acid groups (broad SMARTS) is 1. The lowest BCUT2D eigenvalue weighted by Gasteiger charge is -2.34. The van der Waals surface area contributed by atoms with Crippen LogP contribution in [0.4, 0.5) is 0 Å². The predicted octanol–water partition coefficient (Wildman–Crippen LogP) is 5.89. The number of carbonyl (C=O) groups is 1. The van der Waals surface area contributed by atoms with E-state index in [1.165, 1.54) is 5.56 Å². The van der Waals surface area contributed by atoms with E-state index in [2.05, 4.69) is 26.0 Å². The van der Waals surface area contributed by atoms with E-state index in [0.717, 1.165) is 35.3 Å². The van der Waals surface area contributed by atoms with E-state index in [1.54, 1.807) is 6.07 Å². The van der Waals surface area contributed by atoms with Crippen molar-refractivity contribution < 1.29 is 19.7 Å². The molecular weight excluding hydrogens is 376 g/mol. The van der Waals surface area contributed by atoms with Gasteiger partial charge in [0.05, 0.1) is 11.7 Å². The number of hydrogen-bond donors (Lipinski definition) is 2. The molecule has 4 heteroatoms. The Morgan fingerprint density at radius 1 is 0.967 bits per heavy atom. The molecule has 164 valence electrons. The lowest BCUT2D eigenvalue weighted by atomic mass is 9.70. The van der Waals surface area contributed by atoms with Gasteiger partial charge in [0, 0.05) is 5.41 Å². The Hall–Kier alpha value is -2.33. The molecule has 2 N–H and O–H groups in total. The van der Waals surface area contributed by atoms with Crippen molar-refractivity contribution in [1.82, 2.24) is 0 Å². The van der Waals surface area contributed by atoms with Crippen LogP contribution >= 0.6 is 0 Å². The molecule has 0 unspecified atom stereocenters. The first kappa shape index (κ1) is 23.9. The topological polar surface area (TPSA) is 66.8 Å². The van der Waals surface area contributed by atoms with Gasteiger partial charge in [-0.1, -0.05) is 58.9 Å². The molecular formula is C26H36O4. The van der Waals surface area contributed by atoms with Gasteiger partial charge in [0.25, 0.3) is 0 Å². The van der Waals surface area contributed by atoms with Crippen LogP contribution in [0.25, 0.3) is 0 Å². The lowest BCUT2D eigenvalue weighted by Crippen LogP contribution is -2.32. The molecule has 0 radical (unpaired) electrons. The Morgan fingerprint density at radius 2 is 1.50 bits per heavy atom. The van der Waals surface area contributed by atoms with Gasteiger partial charge < -0.3 is 14.9 Å². The molecule has 1 atom stereocenters. The highest BCUT2D eigenvalue weighted by Crippen LogP contribution is 2.41. The van der Waals surface area contributed by atoms with Gasteiger partial charge in [-0.25, -0.2) is 4.79 Å². The Morgan fingerprint density at radius 3 is 1.93 bits per heavy atom. The number of benzene rings is 2. The maximum atomic E-state index is 11.4. The van der Waals surface area contributed by atoms with Gasteiger partial charge in [0.15, 0.2) is 0 Å². The quantitative estimate of drug-likeness (QED) is 0.567. The summed E-state index contributed by atoms with van der Waals surface area (Å²) in [6.07, 6.45) is 1.26. The highest BCUT2D eigenvalue weighted by Gasteiger charge is 2.32. The van der Waals surface area contributed by atoms with Gasteiger partial charge in [-0.05, 0) is 66.5 Å². The van der Waals surface area contributed by atoms with Gasteiger partial charge in [-0.2, -0.15) is 0 Å². The second-order valence-electron chi connectivity index (χ2n) is 9.30. The van der Waals surface area contributed by atoms with E-state index in [9.17, 15) is 15.0 Å². The monoisotopic (exact) mass is 412 g/mol. The van der Waals surface area contributed by atoms with E-state index in [0.29, 0.717) is 5.56 Å². The molecule has 0 fully saturated rings. The molecule has 0 aliphatic heterocycles. The average molecular weight is 413 g/mol. The lowest BCUT2D eigenvalue weighted by molar-refractivity contribution is 0.0216. The van der Waals surface area contributed by atoms with Crippen molar-refractivity contribution in [2.75, 3.05) is 6.61 Å². The zero-order valence-corrected chi connectivity index (χ0v) is 19.4. The molecule has 0 saturated carbocycles. The van der Waals surface area contributed by atoms with Crippen LogP contribution < -0.4 is 4.74 Å². The minimum atomic E-state index is -0.896. The summed E-state index contributed by atoms with van der Waals surface area (Å²) in [5.74, 6) is -0.118. The number of rotatable bonds is 8. The van der Waals surface area contributed by atoms with Crippen molar-refractivity contribution in [3.05, 3.63) is 64.2 Å². The number of carboxylic acids is 1. The molecule has 2 rings (SSSR count). The van der Waals surface area contributed by atoms with Crippen LogP contribution in [0.15, 0.2) is 36.4 Å². The fourth-order valence-electron chi connectivity index (χ4n) is 3.96. The van der Waals surface area contributed by atoms with Crippen molar-refractivity contribution in [3.63, 3.8) is 0 Å². The van der Waals surface area contributed by atoms with Crippen molar-refractivity contribution >= 4 is 5.97 Å². The van der Waals surface area contributed by atoms with Crippen LogP contribution in [0.2, 0.25) is 0 Å². The first-order valence-electron chi connectivity index (χ1n) is 10.7. The van der Waals surface area contributed by atoms with Crippen LogP contribution in [-0.2, 0) is 5.41 Å². The first-order valence-corrected chi connectivity index (χ1v) is 10.7. The summed E-state index contributed by atoms with van der Waals surface area (Å²) in [7, 11) is 0. The fourth-order valence-corrected chi connectivity index (χ4v) is 3.96. The molecule has 0 saturated heterocycles. The molecule has 0 aromatic heterocycles. The van der Waals surface area contributed by atoms with Gasteiger partial charge in [-0.15, -0.1) is 0 Å². The summed E-state index contributed by atoms with van der Waals surface area (Å²) in [6.45, 7) is 14.4. The van der Waals surface area contributed by atoms with Crippen molar-refractivity contribution in [2.45, 2.75) is 72.8 Å². The highest BCUT2D eigenvalue weighted by molar-refractivity contribution is 5.89. The zero-order chi connectivity index (χ0) is 22.7. The van der Waals surface area contributed by atoms with Crippen molar-refractivity contribution in [1.29, 1.82) is 0 Å². The third-order valence-corrected chi connectivity index (χ3v) is 6.34. The molecule has 0 heterocycles. The maximum absolute atomic E-state index is 11.4. The largest absolute Gasteiger partial charge is 0.491 e. The van der Waals surface area contributed by atoms with E-state index >= 15 is 0 Å². The number of aliphatic hydroxyl groups is 1. The smallest absolute Gasteiger partial charge is 0.335 e. The van der Waals surface area contributed by atoms with Crippen LogP contribution in [-0.4, -0.2) is 28.9 Å². The summed E-state index contributed by atoms with van der Waals surface area (Å²) in [5, 5.41) is 19.6. The Balaban J connectivity index is 2.40. The first-order chi connectivity index (χ1) is 14.0. The minimum Gasteiger partial charge on any atom is -0.491 e. The highest BCUT2D eigenvalue weighted by atomic mass is 16.5. The van der Waals surface area contributed by atoms with Crippen molar-refractivity contribution in [2.24, 2.45) is 5.41 Å². The average Bonchev–Trinajstić information content (AvgIpc) is 2.67. The van der Waals surface area contributed by atoms with E-state index < -0.39 is 12.1 Å². The normalized spacial score (nSPS) is 13.2. The summed E-state index contributed by atoms with van der Waals surface area (Å²) in [4.78, 5) is 11.4. The Bertz CT molecular complexity index is 888. The standard InChI is InChI=1S/C26H36O4/c1-8-26(9-2,19-10-12-21(24(28)29)17(3)14-19)20-11-13-22(18(4)15-20)30-16-23(27)25(5,6)7/h10-15,23,27H,8-9,16H2,1-7H3,(H,28,29)/t23-/m1/s1.